The molecule has 0 N–H and O–H groups in total. The Hall–Kier alpha value is -1.22. The molecule has 1 heterocycles. The van der Waals surface area contributed by atoms with Crippen molar-refractivity contribution in [3.05, 3.63) is 10.4 Å². The molecule has 1 aliphatic rings. The maximum absolute atomic E-state index is 11.4. The first-order chi connectivity index (χ1) is 8.20. The standard InChI is InChI=1S/C12H21N3O2/c1-3-4-5-6-7-10-11(17-12(10)16)9(2)8-14-15-13/h9-11H,3-8H2,1-2H3/t9?,10-,11-/m1/s1. The van der Waals surface area contributed by atoms with Crippen LogP contribution in [0.4, 0.5) is 0 Å². The Morgan fingerprint density at radius 3 is 2.82 bits per heavy atom. The van der Waals surface area contributed by atoms with E-state index < -0.39 is 0 Å². The molecule has 96 valence electrons. The van der Waals surface area contributed by atoms with Gasteiger partial charge in [0.05, 0.1) is 5.92 Å². The molecule has 5 nitrogen and oxygen atoms in total. The van der Waals surface area contributed by atoms with Crippen LogP contribution in [0.15, 0.2) is 5.11 Å². The molecule has 0 aliphatic carbocycles. The summed E-state index contributed by atoms with van der Waals surface area (Å²) in [6, 6.07) is 0. The molecule has 0 saturated carbocycles. The minimum atomic E-state index is -0.0840. The first-order valence-electron chi connectivity index (χ1n) is 6.42. The van der Waals surface area contributed by atoms with Crippen molar-refractivity contribution in [1.82, 2.24) is 0 Å². The van der Waals surface area contributed by atoms with E-state index in [9.17, 15) is 4.79 Å². The molecule has 1 aliphatic heterocycles. The average molecular weight is 239 g/mol. The number of hydrogen-bond donors (Lipinski definition) is 0. The Bertz CT molecular complexity index is 300. The summed E-state index contributed by atoms with van der Waals surface area (Å²) in [6.45, 7) is 4.53. The molecule has 0 bridgehead atoms. The molecular formula is C12H21N3O2. The molecular weight excluding hydrogens is 218 g/mol. The van der Waals surface area contributed by atoms with E-state index in [2.05, 4.69) is 16.9 Å². The number of unbranched alkanes of at least 4 members (excludes halogenated alkanes) is 3. The lowest BCUT2D eigenvalue weighted by molar-refractivity contribution is -0.191. The molecule has 0 aromatic rings. The van der Waals surface area contributed by atoms with Crippen LogP contribution in [0.2, 0.25) is 0 Å². The van der Waals surface area contributed by atoms with Gasteiger partial charge in [0.15, 0.2) is 0 Å². The lowest BCUT2D eigenvalue weighted by Gasteiger charge is -2.38. The van der Waals surface area contributed by atoms with Gasteiger partial charge >= 0.3 is 5.97 Å². The second-order valence-electron chi connectivity index (χ2n) is 4.75. The van der Waals surface area contributed by atoms with Crippen LogP contribution < -0.4 is 0 Å². The van der Waals surface area contributed by atoms with Crippen molar-refractivity contribution < 1.29 is 9.53 Å². The zero-order valence-corrected chi connectivity index (χ0v) is 10.6. The highest BCUT2D eigenvalue weighted by Crippen LogP contribution is 2.33. The van der Waals surface area contributed by atoms with Crippen LogP contribution in [-0.2, 0) is 9.53 Å². The molecule has 0 aromatic carbocycles. The van der Waals surface area contributed by atoms with Crippen LogP contribution >= 0.6 is 0 Å². The summed E-state index contributed by atoms with van der Waals surface area (Å²) >= 11 is 0. The fraction of sp³-hybridized carbons (Fsp3) is 0.917. The van der Waals surface area contributed by atoms with Gasteiger partial charge < -0.3 is 4.74 Å². The van der Waals surface area contributed by atoms with Crippen molar-refractivity contribution >= 4 is 5.97 Å². The Morgan fingerprint density at radius 2 is 2.24 bits per heavy atom. The van der Waals surface area contributed by atoms with Gasteiger partial charge in [-0.15, -0.1) is 0 Å². The highest BCUT2D eigenvalue weighted by Gasteiger charge is 2.44. The highest BCUT2D eigenvalue weighted by atomic mass is 16.6. The predicted octanol–water partition coefficient (Wildman–Crippen LogP) is 3.44. The van der Waals surface area contributed by atoms with Crippen LogP contribution in [0, 0.1) is 11.8 Å². The summed E-state index contributed by atoms with van der Waals surface area (Å²) in [7, 11) is 0. The van der Waals surface area contributed by atoms with Crippen molar-refractivity contribution in [2.24, 2.45) is 17.0 Å². The number of ether oxygens (including phenoxy) is 1. The van der Waals surface area contributed by atoms with Crippen molar-refractivity contribution in [3.63, 3.8) is 0 Å². The average Bonchev–Trinajstić information content (AvgIpc) is 2.32. The van der Waals surface area contributed by atoms with E-state index in [4.69, 9.17) is 10.3 Å². The lowest BCUT2D eigenvalue weighted by atomic mass is 9.83. The smallest absolute Gasteiger partial charge is 0.313 e. The van der Waals surface area contributed by atoms with Crippen LogP contribution in [0.1, 0.15) is 46.0 Å². The monoisotopic (exact) mass is 239 g/mol. The van der Waals surface area contributed by atoms with Crippen molar-refractivity contribution in [3.8, 4) is 0 Å². The number of carbonyl (C=O) groups excluding carboxylic acids is 1. The third kappa shape index (κ3) is 3.93. The molecule has 1 unspecified atom stereocenters. The van der Waals surface area contributed by atoms with E-state index in [-0.39, 0.29) is 23.9 Å². The summed E-state index contributed by atoms with van der Waals surface area (Å²) in [5.41, 5.74) is 8.26. The second-order valence-corrected chi connectivity index (χ2v) is 4.75. The van der Waals surface area contributed by atoms with Gasteiger partial charge in [-0.05, 0) is 17.9 Å². The van der Waals surface area contributed by atoms with Gasteiger partial charge in [0, 0.05) is 11.5 Å². The van der Waals surface area contributed by atoms with E-state index in [0.717, 1.165) is 12.8 Å². The molecule has 0 aromatic heterocycles. The van der Waals surface area contributed by atoms with E-state index in [0.29, 0.717) is 6.54 Å². The zero-order chi connectivity index (χ0) is 12.7. The SMILES string of the molecule is CCCCCC[C@H]1C(=O)O[C@@H]1C(C)CN=[N+]=[N-]. The van der Waals surface area contributed by atoms with Crippen LogP contribution in [0.25, 0.3) is 10.4 Å². The van der Waals surface area contributed by atoms with Crippen LogP contribution in [0.5, 0.6) is 0 Å². The minimum Gasteiger partial charge on any atom is -0.461 e. The number of rotatable bonds is 8. The number of nitrogens with zero attached hydrogens (tertiary/aromatic N) is 3. The van der Waals surface area contributed by atoms with E-state index in [1.165, 1.54) is 19.3 Å². The van der Waals surface area contributed by atoms with E-state index in [1.807, 2.05) is 6.92 Å². The maximum Gasteiger partial charge on any atom is 0.313 e. The fourth-order valence-electron chi connectivity index (χ4n) is 2.22. The molecule has 3 atom stereocenters. The summed E-state index contributed by atoms with van der Waals surface area (Å²) in [5, 5.41) is 3.53. The highest BCUT2D eigenvalue weighted by molar-refractivity contribution is 5.78. The second kappa shape index (κ2) is 7.17. The van der Waals surface area contributed by atoms with Gasteiger partial charge in [-0.25, -0.2) is 0 Å². The normalized spacial score (nSPS) is 24.5. The first-order valence-corrected chi connectivity index (χ1v) is 6.42. The van der Waals surface area contributed by atoms with E-state index in [1.54, 1.807) is 0 Å². The van der Waals surface area contributed by atoms with Crippen LogP contribution in [0.3, 0.4) is 0 Å². The van der Waals surface area contributed by atoms with Gasteiger partial charge in [0.1, 0.15) is 6.10 Å². The summed E-state index contributed by atoms with van der Waals surface area (Å²) in [6.07, 6.45) is 5.54. The molecule has 1 fully saturated rings. The van der Waals surface area contributed by atoms with Crippen molar-refractivity contribution in [2.75, 3.05) is 6.54 Å². The number of esters is 1. The van der Waals surface area contributed by atoms with Gasteiger partial charge in [0.2, 0.25) is 0 Å². The predicted molar refractivity (Wildman–Crippen MR) is 65.3 cm³/mol. The molecule has 1 rings (SSSR count). The molecule has 17 heavy (non-hydrogen) atoms. The first kappa shape index (κ1) is 13.8. The Labute approximate surface area is 102 Å². The maximum atomic E-state index is 11.4. The topological polar surface area (TPSA) is 75.1 Å². The fourth-order valence-corrected chi connectivity index (χ4v) is 2.22. The molecule has 0 radical (unpaired) electrons. The Kier molecular flexibility index (Phi) is 5.84. The van der Waals surface area contributed by atoms with Gasteiger partial charge in [-0.3, -0.25) is 4.79 Å². The number of carbonyl (C=O) groups is 1. The molecule has 0 spiro atoms. The zero-order valence-electron chi connectivity index (χ0n) is 10.6. The number of cyclic esters (lactones) is 1. The Balaban J connectivity index is 2.31. The third-order valence-electron chi connectivity index (χ3n) is 3.31. The largest absolute Gasteiger partial charge is 0.461 e. The minimum absolute atomic E-state index is 0.0238. The summed E-state index contributed by atoms with van der Waals surface area (Å²) in [4.78, 5) is 14.1. The third-order valence-corrected chi connectivity index (χ3v) is 3.31. The Morgan fingerprint density at radius 1 is 1.47 bits per heavy atom. The number of azide groups is 1. The molecule has 5 heteroatoms. The van der Waals surface area contributed by atoms with Gasteiger partial charge in [0.25, 0.3) is 0 Å². The molecule has 0 amide bonds. The van der Waals surface area contributed by atoms with Gasteiger partial charge in [-0.1, -0.05) is 44.6 Å². The lowest BCUT2D eigenvalue weighted by Crippen LogP contribution is -2.49. The van der Waals surface area contributed by atoms with Crippen molar-refractivity contribution in [2.45, 2.75) is 52.1 Å². The summed E-state index contributed by atoms with van der Waals surface area (Å²) < 4.78 is 5.15. The van der Waals surface area contributed by atoms with Crippen molar-refractivity contribution in [1.29, 1.82) is 0 Å². The van der Waals surface area contributed by atoms with E-state index >= 15 is 0 Å². The van der Waals surface area contributed by atoms with Crippen LogP contribution in [-0.4, -0.2) is 18.6 Å². The summed E-state index contributed by atoms with van der Waals surface area (Å²) in [5.74, 6) is 0.0646. The molecule has 1 saturated heterocycles. The quantitative estimate of drug-likeness (QED) is 0.214. The number of hydrogen-bond acceptors (Lipinski definition) is 3. The van der Waals surface area contributed by atoms with Gasteiger partial charge in [-0.2, -0.15) is 0 Å².